The smallest absolute Gasteiger partial charge is 0.322 e. The highest BCUT2D eigenvalue weighted by Crippen LogP contribution is 2.23. The predicted octanol–water partition coefficient (Wildman–Crippen LogP) is 3.24. The molecule has 2 fully saturated rings. The van der Waals surface area contributed by atoms with Crippen LogP contribution in [0.15, 0.2) is 18.2 Å². The molecule has 2 aliphatic heterocycles. The molecule has 2 saturated heterocycles. The molecule has 0 spiro atoms. The zero-order valence-electron chi connectivity index (χ0n) is 15.3. The number of benzene rings is 1. The number of hydrogen-bond acceptors (Lipinski definition) is 3. The summed E-state index contributed by atoms with van der Waals surface area (Å²) >= 11 is 0. The monoisotopic (exact) mass is 349 g/mol. The first kappa shape index (κ1) is 18.1. The average Bonchev–Trinajstić information content (AvgIpc) is 2.97. The van der Waals surface area contributed by atoms with Gasteiger partial charge in [-0.05, 0) is 57.4 Å². The van der Waals surface area contributed by atoms with E-state index in [4.69, 9.17) is 4.74 Å². The van der Waals surface area contributed by atoms with Crippen molar-refractivity contribution in [2.75, 3.05) is 31.5 Å². The number of ether oxygens (including phenoxy) is 1. The third-order valence-corrected chi connectivity index (χ3v) is 5.03. The third kappa shape index (κ3) is 4.50. The minimum atomic E-state index is -0.287. The van der Waals surface area contributed by atoms with Crippen LogP contribution in [-0.4, -0.2) is 60.3 Å². The highest BCUT2D eigenvalue weighted by molar-refractivity contribution is 5.90. The van der Waals surface area contributed by atoms with Gasteiger partial charge in [-0.2, -0.15) is 0 Å². The van der Waals surface area contributed by atoms with Crippen molar-refractivity contribution in [2.45, 2.75) is 51.9 Å². The van der Waals surface area contributed by atoms with Crippen molar-refractivity contribution in [1.29, 1.82) is 0 Å². The number of carbonyl (C=O) groups excluding carboxylic acids is 1. The molecule has 1 N–H and O–H groups in total. The summed E-state index contributed by atoms with van der Waals surface area (Å²) in [6, 6.07) is 4.57. The molecular weight excluding hydrogens is 321 g/mol. The number of hydrogen-bond donors (Lipinski definition) is 1. The minimum Gasteiger partial charge on any atom is -0.373 e. The zero-order valence-corrected chi connectivity index (χ0v) is 15.3. The Morgan fingerprint density at radius 2 is 2.04 bits per heavy atom. The lowest BCUT2D eigenvalue weighted by molar-refractivity contribution is -0.0712. The van der Waals surface area contributed by atoms with Crippen LogP contribution in [0.25, 0.3) is 0 Å². The fourth-order valence-electron chi connectivity index (χ4n) is 3.98. The molecule has 2 amide bonds. The molecule has 0 radical (unpaired) electrons. The summed E-state index contributed by atoms with van der Waals surface area (Å²) < 4.78 is 19.0. The molecule has 1 aromatic carbocycles. The lowest BCUT2D eigenvalue weighted by Gasteiger charge is -2.38. The number of aryl methyl sites for hydroxylation is 1. The van der Waals surface area contributed by atoms with E-state index in [2.05, 4.69) is 24.1 Å². The number of rotatable bonds is 3. The van der Waals surface area contributed by atoms with Crippen LogP contribution in [0, 0.1) is 12.7 Å². The van der Waals surface area contributed by atoms with Crippen molar-refractivity contribution in [3.63, 3.8) is 0 Å². The van der Waals surface area contributed by atoms with Gasteiger partial charge < -0.3 is 15.0 Å². The third-order valence-electron chi connectivity index (χ3n) is 5.03. The number of carbonyl (C=O) groups is 1. The summed E-state index contributed by atoms with van der Waals surface area (Å²) in [4.78, 5) is 17.0. The number of likely N-dealkylation sites (tertiary alicyclic amines) is 1. The van der Waals surface area contributed by atoms with Gasteiger partial charge in [0.1, 0.15) is 5.82 Å². The summed E-state index contributed by atoms with van der Waals surface area (Å²) in [7, 11) is 0. The number of morpholine rings is 1. The Morgan fingerprint density at radius 1 is 1.32 bits per heavy atom. The van der Waals surface area contributed by atoms with Crippen LogP contribution in [0.5, 0.6) is 0 Å². The summed E-state index contributed by atoms with van der Waals surface area (Å²) in [6.45, 7) is 9.47. The minimum absolute atomic E-state index is 0.0911. The predicted molar refractivity (Wildman–Crippen MR) is 96.3 cm³/mol. The molecule has 25 heavy (non-hydrogen) atoms. The second-order valence-corrected chi connectivity index (χ2v) is 7.35. The van der Waals surface area contributed by atoms with Crippen LogP contribution < -0.4 is 5.32 Å². The number of nitrogens with zero attached hydrogens (tertiary/aromatic N) is 2. The van der Waals surface area contributed by atoms with Crippen LogP contribution in [0.4, 0.5) is 14.9 Å². The van der Waals surface area contributed by atoms with Gasteiger partial charge in [-0.3, -0.25) is 4.90 Å². The highest BCUT2D eigenvalue weighted by atomic mass is 19.1. The SMILES string of the molecule is Cc1cc(F)ccc1NC(=O)N1CCC[C@H]1CN1C[C@@H](C)O[C@@H](C)C1. The van der Waals surface area contributed by atoms with Crippen molar-refractivity contribution in [1.82, 2.24) is 9.80 Å². The molecule has 1 aromatic rings. The molecule has 138 valence electrons. The Bertz CT molecular complexity index is 615. The van der Waals surface area contributed by atoms with Crippen molar-refractivity contribution >= 4 is 11.7 Å². The number of amides is 2. The fourth-order valence-corrected chi connectivity index (χ4v) is 3.98. The van der Waals surface area contributed by atoms with Crippen LogP contribution in [0.1, 0.15) is 32.3 Å². The Kier molecular flexibility index (Phi) is 5.59. The largest absolute Gasteiger partial charge is 0.373 e. The first-order chi connectivity index (χ1) is 11.9. The van der Waals surface area contributed by atoms with Gasteiger partial charge in [-0.1, -0.05) is 0 Å². The van der Waals surface area contributed by atoms with E-state index < -0.39 is 0 Å². The highest BCUT2D eigenvalue weighted by Gasteiger charge is 2.32. The Hall–Kier alpha value is -1.66. The van der Waals surface area contributed by atoms with E-state index in [-0.39, 0.29) is 30.1 Å². The van der Waals surface area contributed by atoms with E-state index in [0.717, 1.165) is 44.6 Å². The van der Waals surface area contributed by atoms with Crippen LogP contribution in [0.3, 0.4) is 0 Å². The standard InChI is InChI=1S/C19H28FN3O2/c1-13-9-16(20)6-7-18(13)21-19(24)23-8-4-5-17(23)12-22-10-14(2)25-15(3)11-22/h6-7,9,14-15,17H,4-5,8,10-12H2,1-3H3,(H,21,24)/t14-,15+,17-/m0/s1. The van der Waals surface area contributed by atoms with Crippen LogP contribution in [0.2, 0.25) is 0 Å². The van der Waals surface area contributed by atoms with E-state index in [9.17, 15) is 9.18 Å². The molecular formula is C19H28FN3O2. The Morgan fingerprint density at radius 3 is 2.72 bits per heavy atom. The molecule has 5 nitrogen and oxygen atoms in total. The molecule has 6 heteroatoms. The number of nitrogens with one attached hydrogen (secondary N) is 1. The van der Waals surface area contributed by atoms with E-state index in [1.54, 1.807) is 13.0 Å². The van der Waals surface area contributed by atoms with Gasteiger partial charge in [-0.25, -0.2) is 9.18 Å². The maximum atomic E-state index is 13.2. The fraction of sp³-hybridized carbons (Fsp3) is 0.632. The zero-order chi connectivity index (χ0) is 18.0. The lowest BCUT2D eigenvalue weighted by Crippen LogP contribution is -2.51. The molecule has 2 aliphatic rings. The quantitative estimate of drug-likeness (QED) is 0.911. The second kappa shape index (κ2) is 7.70. The molecule has 2 heterocycles. The molecule has 3 atom stereocenters. The number of halogens is 1. The summed E-state index contributed by atoms with van der Waals surface area (Å²) in [5, 5.41) is 2.94. The normalized spacial score (nSPS) is 27.5. The van der Waals surface area contributed by atoms with Gasteiger partial charge in [0.15, 0.2) is 0 Å². The van der Waals surface area contributed by atoms with Crippen molar-refractivity contribution in [2.24, 2.45) is 0 Å². The van der Waals surface area contributed by atoms with Gasteiger partial charge in [0.2, 0.25) is 0 Å². The maximum absolute atomic E-state index is 13.2. The van der Waals surface area contributed by atoms with Crippen LogP contribution >= 0.6 is 0 Å². The molecule has 0 saturated carbocycles. The van der Waals surface area contributed by atoms with Crippen molar-refractivity contribution in [3.8, 4) is 0 Å². The van der Waals surface area contributed by atoms with Gasteiger partial charge >= 0.3 is 6.03 Å². The maximum Gasteiger partial charge on any atom is 0.322 e. The summed E-state index contributed by atoms with van der Waals surface area (Å²) in [5.41, 5.74) is 1.41. The average molecular weight is 349 g/mol. The molecule has 0 aliphatic carbocycles. The van der Waals surface area contributed by atoms with Gasteiger partial charge in [0.25, 0.3) is 0 Å². The van der Waals surface area contributed by atoms with E-state index in [0.29, 0.717) is 5.69 Å². The Balaban J connectivity index is 1.61. The second-order valence-electron chi connectivity index (χ2n) is 7.35. The topological polar surface area (TPSA) is 44.8 Å². The molecule has 3 rings (SSSR count). The van der Waals surface area contributed by atoms with E-state index in [1.165, 1.54) is 12.1 Å². The van der Waals surface area contributed by atoms with Crippen molar-refractivity contribution in [3.05, 3.63) is 29.6 Å². The molecule has 0 aromatic heterocycles. The number of anilines is 1. The van der Waals surface area contributed by atoms with E-state index in [1.807, 2.05) is 4.90 Å². The van der Waals surface area contributed by atoms with Crippen molar-refractivity contribution < 1.29 is 13.9 Å². The van der Waals surface area contributed by atoms with Gasteiger partial charge in [0.05, 0.1) is 12.2 Å². The van der Waals surface area contributed by atoms with Crippen LogP contribution in [-0.2, 0) is 4.74 Å². The summed E-state index contributed by atoms with van der Waals surface area (Å²) in [6.07, 6.45) is 2.51. The summed E-state index contributed by atoms with van der Waals surface area (Å²) in [5.74, 6) is -0.287. The van der Waals surface area contributed by atoms with E-state index >= 15 is 0 Å². The van der Waals surface area contributed by atoms with Gasteiger partial charge in [-0.15, -0.1) is 0 Å². The molecule has 0 bridgehead atoms. The number of urea groups is 1. The lowest BCUT2D eigenvalue weighted by atomic mass is 10.1. The van der Waals surface area contributed by atoms with Gasteiger partial charge in [0, 0.05) is 37.9 Å². The first-order valence-electron chi connectivity index (χ1n) is 9.14. The molecule has 0 unspecified atom stereocenters. The first-order valence-corrected chi connectivity index (χ1v) is 9.14. The Labute approximate surface area is 149 Å².